The van der Waals surface area contributed by atoms with Crippen LogP contribution < -0.4 is 0 Å². The standard InChI is InChI=1S/C14H20O7P2/c1-18-22(16)10-9-12(14(22)23(17,19-2)20-3)21-13(15)11-7-5-4-6-8-11/h4-8,12,14H,9-10H2,1-3H3. The highest BCUT2D eigenvalue weighted by Crippen LogP contribution is 2.74. The molecule has 7 nitrogen and oxygen atoms in total. The van der Waals surface area contributed by atoms with Crippen LogP contribution in [-0.2, 0) is 27.4 Å². The van der Waals surface area contributed by atoms with E-state index in [2.05, 4.69) is 0 Å². The molecule has 0 saturated carbocycles. The second-order valence-corrected chi connectivity index (χ2v) is 10.6. The molecule has 3 atom stereocenters. The molecule has 9 heteroatoms. The molecule has 1 fully saturated rings. The number of hydrogen-bond acceptors (Lipinski definition) is 7. The second kappa shape index (κ2) is 7.29. The Morgan fingerprint density at radius 1 is 1.17 bits per heavy atom. The zero-order valence-corrected chi connectivity index (χ0v) is 15.0. The maximum atomic E-state index is 12.9. The maximum absolute atomic E-state index is 12.9. The third-order valence-corrected chi connectivity index (χ3v) is 10.4. The van der Waals surface area contributed by atoms with Crippen LogP contribution in [0.25, 0.3) is 0 Å². The highest BCUT2D eigenvalue weighted by atomic mass is 31.2. The smallest absolute Gasteiger partial charge is 0.346 e. The first kappa shape index (κ1) is 18.4. The topological polar surface area (TPSA) is 88.1 Å². The van der Waals surface area contributed by atoms with Gasteiger partial charge in [-0.2, -0.15) is 0 Å². The molecule has 0 radical (unpaired) electrons. The predicted octanol–water partition coefficient (Wildman–Crippen LogP) is 3.35. The SMILES string of the molecule is COP1(=O)CCC(OC(=O)c2ccccc2)C1P(=O)(OC)OC. The molecule has 3 unspecified atom stereocenters. The minimum absolute atomic E-state index is 0.150. The van der Waals surface area contributed by atoms with E-state index in [1.165, 1.54) is 21.3 Å². The number of carbonyl (C=O) groups is 1. The molecule has 2 rings (SSSR count). The highest BCUT2D eigenvalue weighted by Gasteiger charge is 2.58. The van der Waals surface area contributed by atoms with Crippen LogP contribution in [0, 0.1) is 0 Å². The molecular weight excluding hydrogens is 342 g/mol. The van der Waals surface area contributed by atoms with Gasteiger partial charge in [0.15, 0.2) is 5.40 Å². The Morgan fingerprint density at radius 3 is 2.30 bits per heavy atom. The minimum Gasteiger partial charge on any atom is -0.457 e. The second-order valence-electron chi connectivity index (χ2n) is 5.05. The molecule has 0 aromatic heterocycles. The summed E-state index contributed by atoms with van der Waals surface area (Å²) in [7, 11) is -3.35. The third kappa shape index (κ3) is 3.59. The fraction of sp³-hybridized carbons (Fsp3) is 0.500. The van der Waals surface area contributed by atoms with Gasteiger partial charge in [-0.15, -0.1) is 0 Å². The van der Waals surface area contributed by atoms with E-state index in [0.29, 0.717) is 5.56 Å². The van der Waals surface area contributed by atoms with E-state index >= 15 is 0 Å². The first-order valence-electron chi connectivity index (χ1n) is 7.02. The van der Waals surface area contributed by atoms with E-state index in [1.807, 2.05) is 0 Å². The van der Waals surface area contributed by atoms with E-state index in [-0.39, 0.29) is 12.6 Å². The number of hydrogen-bond donors (Lipinski definition) is 0. The van der Waals surface area contributed by atoms with Crippen molar-refractivity contribution in [3.63, 3.8) is 0 Å². The fourth-order valence-corrected chi connectivity index (χ4v) is 8.76. The largest absolute Gasteiger partial charge is 0.457 e. The summed E-state index contributed by atoms with van der Waals surface area (Å²) in [5.41, 5.74) is 0.357. The van der Waals surface area contributed by atoms with E-state index in [1.54, 1.807) is 30.3 Å². The van der Waals surface area contributed by atoms with Crippen LogP contribution in [0.4, 0.5) is 0 Å². The number of esters is 1. The molecule has 0 aliphatic carbocycles. The molecule has 1 aliphatic heterocycles. The minimum atomic E-state index is -3.74. The van der Waals surface area contributed by atoms with Gasteiger partial charge in [-0.05, 0) is 18.6 Å². The summed E-state index contributed by atoms with van der Waals surface area (Å²) in [5, 5.41) is -1.12. The van der Waals surface area contributed by atoms with Crippen molar-refractivity contribution in [1.29, 1.82) is 0 Å². The Balaban J connectivity index is 2.29. The van der Waals surface area contributed by atoms with Gasteiger partial charge >= 0.3 is 13.6 Å². The number of benzene rings is 1. The lowest BCUT2D eigenvalue weighted by molar-refractivity contribution is 0.0324. The molecular formula is C14H20O7P2. The molecule has 23 heavy (non-hydrogen) atoms. The van der Waals surface area contributed by atoms with Crippen LogP contribution in [0.1, 0.15) is 16.8 Å². The Kier molecular flexibility index (Phi) is 5.82. The third-order valence-electron chi connectivity index (χ3n) is 3.87. The summed E-state index contributed by atoms with van der Waals surface area (Å²) in [6, 6.07) is 8.40. The Hall–Kier alpha value is -0.970. The van der Waals surface area contributed by atoms with Crippen LogP contribution in [0.5, 0.6) is 0 Å². The molecule has 0 spiro atoms. The monoisotopic (exact) mass is 362 g/mol. The van der Waals surface area contributed by atoms with Crippen molar-refractivity contribution in [2.45, 2.75) is 17.9 Å². The van der Waals surface area contributed by atoms with E-state index in [0.717, 1.165) is 0 Å². The first-order chi connectivity index (χ1) is 10.9. The zero-order valence-electron chi connectivity index (χ0n) is 13.2. The summed E-state index contributed by atoms with van der Waals surface area (Å²) in [5.74, 6) is -0.580. The van der Waals surface area contributed by atoms with Crippen molar-refractivity contribution in [2.75, 3.05) is 27.5 Å². The zero-order chi connectivity index (χ0) is 17.1. The molecule has 1 aromatic carbocycles. The van der Waals surface area contributed by atoms with Gasteiger partial charge < -0.3 is 18.3 Å². The maximum Gasteiger partial charge on any atom is 0.346 e. The molecule has 0 amide bonds. The molecule has 128 valence electrons. The van der Waals surface area contributed by atoms with Crippen LogP contribution in [0.15, 0.2) is 30.3 Å². The predicted molar refractivity (Wildman–Crippen MR) is 85.2 cm³/mol. The van der Waals surface area contributed by atoms with Crippen molar-refractivity contribution < 1.29 is 32.2 Å². The van der Waals surface area contributed by atoms with Gasteiger partial charge in [-0.3, -0.25) is 9.13 Å². The van der Waals surface area contributed by atoms with Crippen LogP contribution >= 0.6 is 15.0 Å². The van der Waals surface area contributed by atoms with E-state index in [4.69, 9.17) is 18.3 Å². The van der Waals surface area contributed by atoms with Gasteiger partial charge in [0.1, 0.15) is 6.10 Å². The number of ether oxygens (including phenoxy) is 1. The van der Waals surface area contributed by atoms with Crippen LogP contribution in [-0.4, -0.2) is 45.0 Å². The fourth-order valence-electron chi connectivity index (χ4n) is 2.65. The Morgan fingerprint density at radius 2 is 1.78 bits per heavy atom. The van der Waals surface area contributed by atoms with Crippen molar-refractivity contribution >= 4 is 20.9 Å². The summed E-state index contributed by atoms with van der Waals surface area (Å²) in [4.78, 5) is 12.2. The van der Waals surface area contributed by atoms with Crippen LogP contribution in [0.2, 0.25) is 0 Å². The lowest BCUT2D eigenvalue weighted by atomic mass is 10.2. The van der Waals surface area contributed by atoms with Crippen molar-refractivity contribution in [1.82, 2.24) is 0 Å². The van der Waals surface area contributed by atoms with Gasteiger partial charge in [0, 0.05) is 27.5 Å². The normalized spacial score (nSPS) is 27.8. The number of carbonyl (C=O) groups excluding carboxylic acids is 1. The molecule has 0 bridgehead atoms. The van der Waals surface area contributed by atoms with Gasteiger partial charge in [0.25, 0.3) is 0 Å². The van der Waals surface area contributed by atoms with Crippen LogP contribution in [0.3, 0.4) is 0 Å². The van der Waals surface area contributed by atoms with Crippen molar-refractivity contribution in [2.24, 2.45) is 0 Å². The Labute approximate surface area is 135 Å². The van der Waals surface area contributed by atoms with Gasteiger partial charge in [-0.1, -0.05) is 18.2 Å². The quantitative estimate of drug-likeness (QED) is 0.566. The summed E-state index contributed by atoms with van der Waals surface area (Å²) in [6.45, 7) is 0. The first-order valence-corrected chi connectivity index (χ1v) is 10.5. The average molecular weight is 362 g/mol. The molecule has 1 aliphatic rings. The Bertz CT molecular complexity index is 638. The van der Waals surface area contributed by atoms with E-state index < -0.39 is 32.4 Å². The van der Waals surface area contributed by atoms with Crippen molar-refractivity contribution in [3.8, 4) is 0 Å². The highest BCUT2D eigenvalue weighted by molar-refractivity contribution is 7.75. The van der Waals surface area contributed by atoms with Gasteiger partial charge in [0.05, 0.1) is 5.56 Å². The molecule has 1 saturated heterocycles. The number of rotatable bonds is 6. The molecule has 1 heterocycles. The lowest BCUT2D eigenvalue weighted by Crippen LogP contribution is -2.27. The van der Waals surface area contributed by atoms with E-state index in [9.17, 15) is 13.9 Å². The molecule has 0 N–H and O–H groups in total. The summed E-state index contributed by atoms with van der Waals surface area (Å²) in [6.07, 6.45) is -0.443. The van der Waals surface area contributed by atoms with Gasteiger partial charge in [-0.25, -0.2) is 4.79 Å². The lowest BCUT2D eigenvalue weighted by Gasteiger charge is -2.28. The summed E-state index contributed by atoms with van der Waals surface area (Å²) < 4.78 is 46.1. The summed E-state index contributed by atoms with van der Waals surface area (Å²) >= 11 is 0. The van der Waals surface area contributed by atoms with Crippen molar-refractivity contribution in [3.05, 3.63) is 35.9 Å². The molecule has 1 aromatic rings. The average Bonchev–Trinajstić information content (AvgIpc) is 2.92. The van der Waals surface area contributed by atoms with Gasteiger partial charge in [0.2, 0.25) is 7.37 Å².